The summed E-state index contributed by atoms with van der Waals surface area (Å²) in [5.74, 6) is 0.935. The molecular weight excluding hydrogens is 280 g/mol. The Bertz CT molecular complexity index is 637. The van der Waals surface area contributed by atoms with E-state index in [1.54, 1.807) is 18.4 Å². The van der Waals surface area contributed by atoms with Gasteiger partial charge in [0.15, 0.2) is 0 Å². The summed E-state index contributed by atoms with van der Waals surface area (Å²) in [4.78, 5) is 4.73. The summed E-state index contributed by atoms with van der Waals surface area (Å²) < 4.78 is 5.48. The summed E-state index contributed by atoms with van der Waals surface area (Å²) in [7, 11) is 1.72. The summed E-state index contributed by atoms with van der Waals surface area (Å²) in [5, 5.41) is 5.77. The van der Waals surface area contributed by atoms with Crippen LogP contribution >= 0.6 is 11.3 Å². The average Bonchev–Trinajstić information content (AvgIpc) is 2.75. The Morgan fingerprint density at radius 1 is 1.29 bits per heavy atom. The number of hydrogen-bond acceptors (Lipinski definition) is 4. The van der Waals surface area contributed by atoms with Crippen molar-refractivity contribution < 1.29 is 4.74 Å². The lowest BCUT2D eigenvalue weighted by Gasteiger charge is -2.07. The molecule has 0 fully saturated rings. The monoisotopic (exact) mass is 300 g/mol. The zero-order valence-corrected chi connectivity index (χ0v) is 13.3. The molecule has 0 radical (unpaired) electrons. The van der Waals surface area contributed by atoms with Crippen molar-refractivity contribution in [2.75, 3.05) is 19.0 Å². The number of para-hydroxylation sites is 1. The van der Waals surface area contributed by atoms with Crippen LogP contribution in [0.25, 0.3) is 12.2 Å². The van der Waals surface area contributed by atoms with E-state index in [9.17, 15) is 0 Å². The van der Waals surface area contributed by atoms with Gasteiger partial charge in [0.25, 0.3) is 0 Å². The molecule has 0 spiro atoms. The molecule has 0 unspecified atom stereocenters. The highest BCUT2D eigenvalue weighted by Gasteiger charge is 2.12. The maximum absolute atomic E-state index is 5.48. The molecule has 0 saturated heterocycles. The van der Waals surface area contributed by atoms with Crippen molar-refractivity contribution in [3.63, 3.8) is 0 Å². The van der Waals surface area contributed by atoms with E-state index in [4.69, 9.17) is 9.72 Å². The number of aryl methyl sites for hydroxylation is 2. The van der Waals surface area contributed by atoms with Gasteiger partial charge in [0.2, 0.25) is 0 Å². The Balaban J connectivity index is 1.85. The van der Waals surface area contributed by atoms with Crippen LogP contribution in [0.2, 0.25) is 0 Å². The van der Waals surface area contributed by atoms with Crippen LogP contribution in [0.15, 0.2) is 18.2 Å². The van der Waals surface area contributed by atoms with Crippen molar-refractivity contribution in [1.82, 2.24) is 4.98 Å². The first-order valence-electron chi connectivity index (χ1n) is 7.33. The molecule has 2 aromatic rings. The van der Waals surface area contributed by atoms with Crippen LogP contribution in [-0.4, -0.2) is 18.6 Å². The van der Waals surface area contributed by atoms with Crippen LogP contribution in [0.4, 0.5) is 5.00 Å². The third-order valence-electron chi connectivity index (χ3n) is 3.69. The number of nitrogens with one attached hydrogen (secondary N) is 1. The fourth-order valence-corrected chi connectivity index (χ4v) is 3.56. The van der Waals surface area contributed by atoms with E-state index in [1.165, 1.54) is 23.5 Å². The SMILES string of the molecule is COc1c(C)cccc1C=Cc1nc2c(s1)NCCCC2. The molecule has 1 aliphatic heterocycles. The molecule has 3 nitrogen and oxygen atoms in total. The van der Waals surface area contributed by atoms with E-state index in [0.29, 0.717) is 0 Å². The fourth-order valence-electron chi connectivity index (χ4n) is 2.61. The van der Waals surface area contributed by atoms with Gasteiger partial charge in [0, 0.05) is 12.1 Å². The van der Waals surface area contributed by atoms with Crippen molar-refractivity contribution >= 4 is 28.5 Å². The average molecular weight is 300 g/mol. The van der Waals surface area contributed by atoms with Crippen LogP contribution in [0.5, 0.6) is 5.75 Å². The Morgan fingerprint density at radius 2 is 2.19 bits per heavy atom. The molecule has 110 valence electrons. The predicted octanol–water partition coefficient (Wildman–Crippen LogP) is 4.38. The van der Waals surface area contributed by atoms with Gasteiger partial charge in [0.1, 0.15) is 15.8 Å². The molecule has 2 heterocycles. The third kappa shape index (κ3) is 3.10. The second-order valence-electron chi connectivity index (χ2n) is 5.24. The van der Waals surface area contributed by atoms with E-state index < -0.39 is 0 Å². The van der Waals surface area contributed by atoms with Gasteiger partial charge in [-0.2, -0.15) is 0 Å². The van der Waals surface area contributed by atoms with Crippen LogP contribution in [0, 0.1) is 6.92 Å². The highest BCUT2D eigenvalue weighted by molar-refractivity contribution is 7.16. The maximum Gasteiger partial charge on any atom is 0.128 e. The smallest absolute Gasteiger partial charge is 0.128 e. The number of benzene rings is 1. The number of methoxy groups -OCH3 is 1. The van der Waals surface area contributed by atoms with E-state index >= 15 is 0 Å². The number of hydrogen-bond donors (Lipinski definition) is 1. The number of nitrogens with zero attached hydrogens (tertiary/aromatic N) is 1. The number of anilines is 1. The topological polar surface area (TPSA) is 34.1 Å². The number of aromatic nitrogens is 1. The molecule has 0 aliphatic carbocycles. The lowest BCUT2D eigenvalue weighted by atomic mass is 10.1. The first kappa shape index (κ1) is 14.1. The van der Waals surface area contributed by atoms with E-state index in [2.05, 4.69) is 42.6 Å². The van der Waals surface area contributed by atoms with E-state index in [1.807, 2.05) is 0 Å². The first-order chi connectivity index (χ1) is 10.3. The maximum atomic E-state index is 5.48. The van der Waals surface area contributed by atoms with Crippen LogP contribution in [0.3, 0.4) is 0 Å². The molecule has 1 aromatic carbocycles. The highest BCUT2D eigenvalue weighted by Crippen LogP contribution is 2.30. The predicted molar refractivity (Wildman–Crippen MR) is 90.2 cm³/mol. The van der Waals surface area contributed by atoms with E-state index in [0.717, 1.165) is 34.8 Å². The van der Waals surface area contributed by atoms with Gasteiger partial charge < -0.3 is 10.1 Å². The molecule has 1 aromatic heterocycles. The van der Waals surface area contributed by atoms with Gasteiger partial charge in [-0.1, -0.05) is 29.5 Å². The molecule has 0 bridgehead atoms. The standard InChI is InChI=1S/C17H20N2OS/c1-12-6-5-7-13(16(12)20-2)9-10-15-19-14-8-3-4-11-18-17(14)21-15/h5-7,9-10,18H,3-4,8,11H2,1-2H3. The summed E-state index contributed by atoms with van der Waals surface area (Å²) in [5.41, 5.74) is 3.46. The van der Waals surface area contributed by atoms with Crippen molar-refractivity contribution in [1.29, 1.82) is 0 Å². The molecule has 0 atom stereocenters. The lowest BCUT2D eigenvalue weighted by Crippen LogP contribution is -1.96. The van der Waals surface area contributed by atoms with Gasteiger partial charge in [-0.3, -0.25) is 0 Å². The second-order valence-corrected chi connectivity index (χ2v) is 6.27. The first-order valence-corrected chi connectivity index (χ1v) is 8.15. The minimum Gasteiger partial charge on any atom is -0.496 e. The number of fused-ring (bicyclic) bond motifs is 1. The Kier molecular flexibility index (Phi) is 4.25. The van der Waals surface area contributed by atoms with Crippen LogP contribution in [-0.2, 0) is 6.42 Å². The molecule has 4 heteroatoms. The van der Waals surface area contributed by atoms with Crippen molar-refractivity contribution in [3.05, 3.63) is 40.0 Å². The summed E-state index contributed by atoms with van der Waals surface area (Å²) in [6, 6.07) is 6.18. The third-order valence-corrected chi connectivity index (χ3v) is 4.71. The van der Waals surface area contributed by atoms with Gasteiger partial charge in [-0.15, -0.1) is 0 Å². The zero-order chi connectivity index (χ0) is 14.7. The minimum absolute atomic E-state index is 0.935. The van der Waals surface area contributed by atoms with E-state index in [-0.39, 0.29) is 0 Å². The lowest BCUT2D eigenvalue weighted by molar-refractivity contribution is 0.411. The minimum atomic E-state index is 0.935. The molecule has 1 aliphatic rings. The molecule has 0 saturated carbocycles. The second kappa shape index (κ2) is 6.31. The fraction of sp³-hybridized carbons (Fsp3) is 0.353. The molecular formula is C17H20N2OS. The Hall–Kier alpha value is -1.81. The van der Waals surface area contributed by atoms with Crippen LogP contribution < -0.4 is 10.1 Å². The van der Waals surface area contributed by atoms with Gasteiger partial charge >= 0.3 is 0 Å². The number of rotatable bonds is 3. The van der Waals surface area contributed by atoms with Crippen molar-refractivity contribution in [2.24, 2.45) is 0 Å². The van der Waals surface area contributed by atoms with Gasteiger partial charge in [0.05, 0.1) is 12.8 Å². The largest absolute Gasteiger partial charge is 0.496 e. The summed E-state index contributed by atoms with van der Waals surface area (Å²) in [6.45, 7) is 3.12. The van der Waals surface area contributed by atoms with Crippen LogP contribution in [0.1, 0.15) is 34.7 Å². The summed E-state index contributed by atoms with van der Waals surface area (Å²) in [6.07, 6.45) is 7.70. The Labute approximate surface area is 129 Å². The Morgan fingerprint density at radius 3 is 3.05 bits per heavy atom. The molecule has 1 N–H and O–H groups in total. The highest BCUT2D eigenvalue weighted by atomic mass is 32.1. The molecule has 3 rings (SSSR count). The van der Waals surface area contributed by atoms with Crippen molar-refractivity contribution in [2.45, 2.75) is 26.2 Å². The normalized spacial score (nSPS) is 14.6. The summed E-state index contributed by atoms with van der Waals surface area (Å²) >= 11 is 1.74. The number of ether oxygens (including phenoxy) is 1. The van der Waals surface area contributed by atoms with Gasteiger partial charge in [-0.25, -0.2) is 4.98 Å². The molecule has 0 amide bonds. The quantitative estimate of drug-likeness (QED) is 0.913. The van der Waals surface area contributed by atoms with Crippen molar-refractivity contribution in [3.8, 4) is 5.75 Å². The molecule has 21 heavy (non-hydrogen) atoms. The number of thiazole rings is 1. The van der Waals surface area contributed by atoms with Gasteiger partial charge in [-0.05, 0) is 43.9 Å². The zero-order valence-electron chi connectivity index (χ0n) is 12.5.